The summed E-state index contributed by atoms with van der Waals surface area (Å²) in [6, 6.07) is 1.20. The molecular weight excluding hydrogens is 212 g/mol. The fourth-order valence-electron chi connectivity index (χ4n) is 1.16. The molecule has 0 spiro atoms. The van der Waals surface area contributed by atoms with Crippen molar-refractivity contribution in [1.29, 1.82) is 0 Å². The first-order chi connectivity index (χ1) is 7.66. The number of aryl methyl sites for hydroxylation is 1. The van der Waals surface area contributed by atoms with Gasteiger partial charge in [0, 0.05) is 6.07 Å². The number of aromatic nitrogens is 5. The summed E-state index contributed by atoms with van der Waals surface area (Å²) in [5.74, 6) is 0.204. The Kier molecular flexibility index (Phi) is 2.63. The molecule has 0 saturated carbocycles. The second-order valence-electron chi connectivity index (χ2n) is 3.30. The molecule has 2 aromatic heterocycles. The zero-order chi connectivity index (χ0) is 11.5. The number of rotatable bonds is 3. The Morgan fingerprint density at radius 1 is 1.62 bits per heavy atom. The van der Waals surface area contributed by atoms with Gasteiger partial charge in [-0.25, -0.2) is 0 Å². The first kappa shape index (κ1) is 10.3. The van der Waals surface area contributed by atoms with Crippen molar-refractivity contribution in [2.75, 3.05) is 0 Å². The molecule has 0 radical (unpaired) electrons. The summed E-state index contributed by atoms with van der Waals surface area (Å²) in [5, 5.41) is 19.5. The topological polar surface area (TPSA) is 110 Å². The molecule has 1 amide bonds. The normalized spacial score (nSPS) is 12.4. The standard InChI is InChI=1S/C8H10N6O2/c1-4-3-6(16-12-4)8(15)9-5(2)7-10-13-14-11-7/h3,5H,1-2H3,(H,9,15)(H,10,11,13,14). The molecule has 2 aromatic rings. The van der Waals surface area contributed by atoms with Crippen molar-refractivity contribution in [3.8, 4) is 0 Å². The summed E-state index contributed by atoms with van der Waals surface area (Å²) in [6.07, 6.45) is 0. The molecule has 0 bridgehead atoms. The summed E-state index contributed by atoms with van der Waals surface area (Å²) in [4.78, 5) is 11.6. The lowest BCUT2D eigenvalue weighted by Crippen LogP contribution is -2.27. The van der Waals surface area contributed by atoms with E-state index in [1.807, 2.05) is 0 Å². The fourth-order valence-corrected chi connectivity index (χ4v) is 1.16. The molecule has 0 aromatic carbocycles. The third kappa shape index (κ3) is 2.05. The number of nitrogens with zero attached hydrogens (tertiary/aromatic N) is 4. The molecule has 8 heteroatoms. The van der Waals surface area contributed by atoms with Gasteiger partial charge in [0.15, 0.2) is 5.82 Å². The number of H-pyrrole nitrogens is 1. The average molecular weight is 222 g/mol. The molecule has 16 heavy (non-hydrogen) atoms. The average Bonchev–Trinajstić information content (AvgIpc) is 2.87. The van der Waals surface area contributed by atoms with Crippen LogP contribution in [0.2, 0.25) is 0 Å². The third-order valence-corrected chi connectivity index (χ3v) is 1.95. The third-order valence-electron chi connectivity index (χ3n) is 1.95. The summed E-state index contributed by atoms with van der Waals surface area (Å²) in [7, 11) is 0. The minimum absolute atomic E-state index is 0.160. The van der Waals surface area contributed by atoms with Gasteiger partial charge in [0.2, 0.25) is 5.76 Å². The fraction of sp³-hybridized carbons (Fsp3) is 0.375. The van der Waals surface area contributed by atoms with Crippen LogP contribution >= 0.6 is 0 Å². The van der Waals surface area contributed by atoms with Crippen molar-refractivity contribution >= 4 is 5.91 Å². The zero-order valence-corrected chi connectivity index (χ0v) is 8.76. The first-order valence-electron chi connectivity index (χ1n) is 4.64. The van der Waals surface area contributed by atoms with Crippen molar-refractivity contribution in [3.63, 3.8) is 0 Å². The number of hydrogen-bond donors (Lipinski definition) is 2. The summed E-state index contributed by atoms with van der Waals surface area (Å²) < 4.78 is 4.82. The highest BCUT2D eigenvalue weighted by Gasteiger charge is 2.17. The van der Waals surface area contributed by atoms with Crippen LogP contribution < -0.4 is 5.32 Å². The van der Waals surface area contributed by atoms with Crippen LogP contribution in [0.1, 0.15) is 35.0 Å². The molecule has 0 fully saturated rings. The van der Waals surface area contributed by atoms with Crippen LogP contribution in [0.3, 0.4) is 0 Å². The molecular formula is C8H10N6O2. The lowest BCUT2D eigenvalue weighted by molar-refractivity contribution is 0.0901. The maximum absolute atomic E-state index is 11.6. The summed E-state index contributed by atoms with van der Waals surface area (Å²) in [5.41, 5.74) is 0.650. The second kappa shape index (κ2) is 4.09. The quantitative estimate of drug-likeness (QED) is 0.755. The van der Waals surface area contributed by atoms with E-state index in [4.69, 9.17) is 4.52 Å². The molecule has 2 N–H and O–H groups in total. The Morgan fingerprint density at radius 2 is 2.44 bits per heavy atom. The maximum Gasteiger partial charge on any atom is 0.290 e. The van der Waals surface area contributed by atoms with E-state index in [2.05, 4.69) is 31.1 Å². The lowest BCUT2D eigenvalue weighted by atomic mass is 10.3. The highest BCUT2D eigenvalue weighted by Crippen LogP contribution is 2.07. The number of amides is 1. The molecule has 2 rings (SSSR count). The minimum atomic E-state index is -0.363. The molecule has 0 aliphatic carbocycles. The molecule has 1 unspecified atom stereocenters. The smallest absolute Gasteiger partial charge is 0.290 e. The summed E-state index contributed by atoms with van der Waals surface area (Å²) in [6.45, 7) is 3.48. The first-order valence-corrected chi connectivity index (χ1v) is 4.64. The molecule has 0 saturated heterocycles. The number of carbonyl (C=O) groups is 1. The van der Waals surface area contributed by atoms with Gasteiger partial charge in [-0.2, -0.15) is 5.21 Å². The van der Waals surface area contributed by atoms with Crippen molar-refractivity contribution in [1.82, 2.24) is 31.1 Å². The predicted octanol–water partition coefficient (Wildman–Crippen LogP) is -0.0129. The van der Waals surface area contributed by atoms with Crippen LogP contribution in [0.5, 0.6) is 0 Å². The largest absolute Gasteiger partial charge is 0.351 e. The Labute approximate surface area is 90.4 Å². The highest BCUT2D eigenvalue weighted by atomic mass is 16.5. The van der Waals surface area contributed by atoms with Crippen LogP contribution in [0.25, 0.3) is 0 Å². The Balaban J connectivity index is 2.03. The molecule has 8 nitrogen and oxygen atoms in total. The van der Waals surface area contributed by atoms with Gasteiger partial charge in [-0.3, -0.25) is 4.79 Å². The van der Waals surface area contributed by atoms with Gasteiger partial charge >= 0.3 is 0 Å². The van der Waals surface area contributed by atoms with Gasteiger partial charge in [-0.15, -0.1) is 10.2 Å². The SMILES string of the molecule is Cc1cc(C(=O)NC(C)c2nn[nH]n2)on1. The van der Waals surface area contributed by atoms with Crippen LogP contribution in [0, 0.1) is 6.92 Å². The van der Waals surface area contributed by atoms with Crippen molar-refractivity contribution < 1.29 is 9.32 Å². The predicted molar refractivity (Wildman–Crippen MR) is 51.3 cm³/mol. The van der Waals surface area contributed by atoms with E-state index in [1.165, 1.54) is 0 Å². The van der Waals surface area contributed by atoms with E-state index in [1.54, 1.807) is 19.9 Å². The van der Waals surface area contributed by atoms with Gasteiger partial charge < -0.3 is 9.84 Å². The molecule has 2 heterocycles. The van der Waals surface area contributed by atoms with E-state index in [9.17, 15) is 4.79 Å². The molecule has 1 atom stereocenters. The number of hydrogen-bond acceptors (Lipinski definition) is 6. The number of nitrogens with one attached hydrogen (secondary N) is 2. The van der Waals surface area contributed by atoms with E-state index >= 15 is 0 Å². The molecule has 84 valence electrons. The maximum atomic E-state index is 11.6. The van der Waals surface area contributed by atoms with Crippen LogP contribution in [-0.2, 0) is 0 Å². The van der Waals surface area contributed by atoms with Gasteiger partial charge in [0.25, 0.3) is 5.91 Å². The van der Waals surface area contributed by atoms with Crippen LogP contribution in [0.15, 0.2) is 10.6 Å². The van der Waals surface area contributed by atoms with Crippen LogP contribution in [-0.4, -0.2) is 31.7 Å². The highest BCUT2D eigenvalue weighted by molar-refractivity contribution is 5.91. The molecule has 0 aliphatic rings. The second-order valence-corrected chi connectivity index (χ2v) is 3.30. The monoisotopic (exact) mass is 222 g/mol. The summed E-state index contributed by atoms with van der Waals surface area (Å²) >= 11 is 0. The van der Waals surface area contributed by atoms with Gasteiger partial charge in [-0.05, 0) is 13.8 Å². The van der Waals surface area contributed by atoms with E-state index < -0.39 is 0 Å². The number of tetrazole rings is 1. The lowest BCUT2D eigenvalue weighted by Gasteiger charge is -2.07. The van der Waals surface area contributed by atoms with E-state index in [0.29, 0.717) is 11.5 Å². The van der Waals surface area contributed by atoms with Gasteiger partial charge in [-0.1, -0.05) is 10.4 Å². The van der Waals surface area contributed by atoms with E-state index in [-0.39, 0.29) is 17.7 Å². The number of aromatic amines is 1. The Bertz CT molecular complexity index is 476. The Hall–Kier alpha value is -2.25. The van der Waals surface area contributed by atoms with Crippen LogP contribution in [0.4, 0.5) is 0 Å². The van der Waals surface area contributed by atoms with Crippen molar-refractivity contribution in [2.24, 2.45) is 0 Å². The van der Waals surface area contributed by atoms with E-state index in [0.717, 1.165) is 0 Å². The Morgan fingerprint density at radius 3 is 3.00 bits per heavy atom. The molecule has 0 aliphatic heterocycles. The van der Waals surface area contributed by atoms with Crippen molar-refractivity contribution in [3.05, 3.63) is 23.3 Å². The van der Waals surface area contributed by atoms with Crippen molar-refractivity contribution in [2.45, 2.75) is 19.9 Å². The number of carbonyl (C=O) groups excluding carboxylic acids is 1. The minimum Gasteiger partial charge on any atom is -0.351 e. The zero-order valence-electron chi connectivity index (χ0n) is 8.76. The van der Waals surface area contributed by atoms with Gasteiger partial charge in [0.1, 0.15) is 0 Å². The van der Waals surface area contributed by atoms with Gasteiger partial charge in [0.05, 0.1) is 11.7 Å².